The molecule has 3 aromatic rings. The molecule has 3 rings (SSSR count). The number of benzene rings is 1. The molecule has 0 saturated heterocycles. The van der Waals surface area contributed by atoms with E-state index in [9.17, 15) is 9.59 Å². The molecule has 9 heteroatoms. The number of carbonyl (C=O) groups is 1. The second-order valence-corrected chi connectivity index (χ2v) is 6.70. The standard InChI is InChI=1S/C18H19N3O5S/c1-4-15-20-21-16(22)9-12(19-18(21)27-15)10-26-17(23)8-11-5-6-13(24-2)14(7-11)25-3/h5-7,9H,4,8,10H2,1-3H3. The first-order valence-corrected chi connectivity index (χ1v) is 9.11. The molecule has 0 saturated carbocycles. The van der Waals surface area contributed by atoms with Gasteiger partial charge in [0.2, 0.25) is 4.96 Å². The van der Waals surface area contributed by atoms with E-state index in [4.69, 9.17) is 14.2 Å². The summed E-state index contributed by atoms with van der Waals surface area (Å²) in [7, 11) is 3.08. The van der Waals surface area contributed by atoms with Crippen LogP contribution in [0, 0.1) is 0 Å². The van der Waals surface area contributed by atoms with Crippen LogP contribution >= 0.6 is 11.3 Å². The van der Waals surface area contributed by atoms with E-state index in [0.29, 0.717) is 22.2 Å². The van der Waals surface area contributed by atoms with Crippen molar-refractivity contribution in [2.24, 2.45) is 0 Å². The van der Waals surface area contributed by atoms with Gasteiger partial charge in [-0.1, -0.05) is 24.3 Å². The lowest BCUT2D eigenvalue weighted by molar-refractivity contribution is -0.144. The number of hydrogen-bond acceptors (Lipinski definition) is 8. The van der Waals surface area contributed by atoms with Crippen LogP contribution in [0.25, 0.3) is 4.96 Å². The molecule has 0 atom stereocenters. The van der Waals surface area contributed by atoms with Gasteiger partial charge in [0, 0.05) is 6.07 Å². The predicted molar refractivity (Wildman–Crippen MR) is 99.6 cm³/mol. The maximum Gasteiger partial charge on any atom is 0.310 e. The number of hydrogen-bond donors (Lipinski definition) is 0. The van der Waals surface area contributed by atoms with Crippen LogP contribution in [0.15, 0.2) is 29.1 Å². The van der Waals surface area contributed by atoms with Gasteiger partial charge in [-0.3, -0.25) is 9.59 Å². The molecule has 0 fully saturated rings. The maximum atomic E-state index is 12.1. The number of methoxy groups -OCH3 is 2. The lowest BCUT2D eigenvalue weighted by atomic mass is 10.1. The molecule has 8 nitrogen and oxygen atoms in total. The van der Waals surface area contributed by atoms with Crippen LogP contribution in [0.3, 0.4) is 0 Å². The van der Waals surface area contributed by atoms with Gasteiger partial charge in [-0.05, 0) is 24.1 Å². The SMILES string of the molecule is CCc1nn2c(=O)cc(COC(=O)Cc3ccc(OC)c(OC)c3)nc2s1. The van der Waals surface area contributed by atoms with Crippen molar-refractivity contribution in [3.05, 3.63) is 50.9 Å². The van der Waals surface area contributed by atoms with Gasteiger partial charge in [-0.25, -0.2) is 4.98 Å². The zero-order valence-electron chi connectivity index (χ0n) is 15.2. The van der Waals surface area contributed by atoms with Gasteiger partial charge in [0.25, 0.3) is 5.56 Å². The molecule has 0 aliphatic carbocycles. The number of esters is 1. The van der Waals surface area contributed by atoms with E-state index >= 15 is 0 Å². The first kappa shape index (κ1) is 18.8. The van der Waals surface area contributed by atoms with E-state index in [1.54, 1.807) is 25.3 Å². The number of ether oxygens (including phenoxy) is 3. The Hall–Kier alpha value is -2.94. The Balaban J connectivity index is 1.67. The summed E-state index contributed by atoms with van der Waals surface area (Å²) < 4.78 is 16.9. The molecule has 0 N–H and O–H groups in total. The fourth-order valence-electron chi connectivity index (χ4n) is 2.48. The molecule has 0 amide bonds. The third kappa shape index (κ3) is 4.25. The van der Waals surface area contributed by atoms with Gasteiger partial charge in [0.15, 0.2) is 11.5 Å². The number of rotatable bonds is 7. The third-order valence-electron chi connectivity index (χ3n) is 3.82. The first-order chi connectivity index (χ1) is 13.0. The Morgan fingerprint density at radius 2 is 1.96 bits per heavy atom. The van der Waals surface area contributed by atoms with Gasteiger partial charge >= 0.3 is 5.97 Å². The molecule has 0 aliphatic rings. The minimum atomic E-state index is -0.428. The normalized spacial score (nSPS) is 10.8. The highest BCUT2D eigenvalue weighted by Crippen LogP contribution is 2.27. The summed E-state index contributed by atoms with van der Waals surface area (Å²) in [5.74, 6) is 0.700. The molecule has 0 radical (unpaired) electrons. The molecule has 142 valence electrons. The maximum absolute atomic E-state index is 12.1. The van der Waals surface area contributed by atoms with Crippen LogP contribution in [0.4, 0.5) is 0 Å². The minimum absolute atomic E-state index is 0.0715. The highest BCUT2D eigenvalue weighted by atomic mass is 32.1. The van der Waals surface area contributed by atoms with Crippen LogP contribution in [-0.2, 0) is 29.0 Å². The number of aromatic nitrogens is 3. The van der Waals surface area contributed by atoms with Crippen LogP contribution in [-0.4, -0.2) is 34.8 Å². The van der Waals surface area contributed by atoms with Crippen molar-refractivity contribution in [3.63, 3.8) is 0 Å². The van der Waals surface area contributed by atoms with Gasteiger partial charge in [-0.2, -0.15) is 9.61 Å². The largest absolute Gasteiger partial charge is 0.493 e. The zero-order chi connectivity index (χ0) is 19.4. The summed E-state index contributed by atoms with van der Waals surface area (Å²) in [6.45, 7) is 1.89. The van der Waals surface area contributed by atoms with E-state index < -0.39 is 5.97 Å². The van der Waals surface area contributed by atoms with Crippen molar-refractivity contribution in [3.8, 4) is 11.5 Å². The molecule has 0 spiro atoms. The van der Waals surface area contributed by atoms with E-state index in [0.717, 1.165) is 17.0 Å². The second kappa shape index (κ2) is 8.17. The summed E-state index contributed by atoms with van der Waals surface area (Å²) >= 11 is 1.34. The van der Waals surface area contributed by atoms with Crippen molar-refractivity contribution >= 4 is 22.3 Å². The molecule has 0 unspecified atom stereocenters. The minimum Gasteiger partial charge on any atom is -0.493 e. The van der Waals surface area contributed by atoms with Crippen LogP contribution in [0.1, 0.15) is 23.2 Å². The quantitative estimate of drug-likeness (QED) is 0.571. The monoisotopic (exact) mass is 389 g/mol. The van der Waals surface area contributed by atoms with E-state index in [1.165, 1.54) is 29.0 Å². The van der Waals surface area contributed by atoms with E-state index in [1.807, 2.05) is 6.92 Å². The molecular weight excluding hydrogens is 370 g/mol. The Kier molecular flexibility index (Phi) is 5.70. The molecule has 0 bridgehead atoms. The summed E-state index contributed by atoms with van der Waals surface area (Å²) in [5, 5.41) is 5.01. The Morgan fingerprint density at radius 3 is 2.67 bits per heavy atom. The Bertz CT molecular complexity index is 1030. The van der Waals surface area contributed by atoms with Gasteiger partial charge in [-0.15, -0.1) is 0 Å². The average Bonchev–Trinajstić information content (AvgIpc) is 3.10. The second-order valence-electron chi connectivity index (χ2n) is 5.66. The van der Waals surface area contributed by atoms with Gasteiger partial charge in [0.1, 0.15) is 11.6 Å². The summed E-state index contributed by atoms with van der Waals surface area (Å²) in [5.41, 5.74) is 0.838. The highest BCUT2D eigenvalue weighted by molar-refractivity contribution is 7.16. The molecule has 27 heavy (non-hydrogen) atoms. The zero-order valence-corrected chi connectivity index (χ0v) is 16.0. The molecule has 1 aromatic carbocycles. The lowest BCUT2D eigenvalue weighted by Crippen LogP contribution is -2.17. The topological polar surface area (TPSA) is 92.0 Å². The molecular formula is C18H19N3O5S. The van der Waals surface area contributed by atoms with Crippen LogP contribution in [0.5, 0.6) is 11.5 Å². The molecule has 0 aliphatic heterocycles. The van der Waals surface area contributed by atoms with E-state index in [2.05, 4.69) is 10.1 Å². The van der Waals surface area contributed by atoms with Crippen molar-refractivity contribution in [2.45, 2.75) is 26.4 Å². The van der Waals surface area contributed by atoms with Crippen molar-refractivity contribution in [2.75, 3.05) is 14.2 Å². The highest BCUT2D eigenvalue weighted by Gasteiger charge is 2.12. The summed E-state index contributed by atoms with van der Waals surface area (Å²) in [6, 6.07) is 6.55. The van der Waals surface area contributed by atoms with Crippen molar-refractivity contribution in [1.82, 2.24) is 14.6 Å². The molecule has 2 aromatic heterocycles. The van der Waals surface area contributed by atoms with Crippen molar-refractivity contribution in [1.29, 1.82) is 0 Å². The fraction of sp³-hybridized carbons (Fsp3) is 0.333. The van der Waals surface area contributed by atoms with Gasteiger partial charge in [0.05, 0.1) is 26.3 Å². The molecule has 2 heterocycles. The van der Waals surface area contributed by atoms with Crippen LogP contribution < -0.4 is 15.0 Å². The van der Waals surface area contributed by atoms with Crippen molar-refractivity contribution < 1.29 is 19.0 Å². The Labute approximate surface area is 159 Å². The van der Waals surface area contributed by atoms with Crippen LogP contribution in [0.2, 0.25) is 0 Å². The van der Waals surface area contributed by atoms with Gasteiger partial charge < -0.3 is 14.2 Å². The number of aryl methyl sites for hydroxylation is 1. The number of fused-ring (bicyclic) bond motifs is 1. The number of carbonyl (C=O) groups excluding carboxylic acids is 1. The Morgan fingerprint density at radius 1 is 1.19 bits per heavy atom. The average molecular weight is 389 g/mol. The third-order valence-corrected chi connectivity index (χ3v) is 4.87. The predicted octanol–water partition coefficient (Wildman–Crippen LogP) is 2.02. The smallest absolute Gasteiger partial charge is 0.310 e. The fourth-order valence-corrected chi connectivity index (χ4v) is 3.33. The summed E-state index contributed by atoms with van der Waals surface area (Å²) in [4.78, 5) is 29.0. The summed E-state index contributed by atoms with van der Waals surface area (Å²) in [6.07, 6.45) is 0.797. The first-order valence-electron chi connectivity index (χ1n) is 8.29. The lowest BCUT2D eigenvalue weighted by Gasteiger charge is -2.09. The van der Waals surface area contributed by atoms with E-state index in [-0.39, 0.29) is 18.6 Å². The number of nitrogens with zero attached hydrogens (tertiary/aromatic N) is 3.